The molecule has 1 aliphatic heterocycles. The average molecular weight is 291 g/mol. The lowest BCUT2D eigenvalue weighted by molar-refractivity contribution is -0.137. The van der Waals surface area contributed by atoms with Gasteiger partial charge in [-0.05, 0) is 36.6 Å². The Morgan fingerprint density at radius 3 is 2.74 bits per heavy atom. The summed E-state index contributed by atoms with van der Waals surface area (Å²) in [6.07, 6.45) is -2.03. The van der Waals surface area contributed by atoms with Crippen molar-refractivity contribution in [1.82, 2.24) is 0 Å². The van der Waals surface area contributed by atoms with Crippen molar-refractivity contribution in [2.75, 3.05) is 12.4 Å². The Hall–Kier alpha value is -0.720. The highest BCUT2D eigenvalue weighted by Crippen LogP contribution is 2.33. The van der Waals surface area contributed by atoms with Crippen LogP contribution in [0.15, 0.2) is 23.1 Å². The van der Waals surface area contributed by atoms with Gasteiger partial charge in [0.25, 0.3) is 0 Å². The molecule has 1 aromatic rings. The minimum absolute atomic E-state index is 0.109. The number of thioether (sulfide) groups is 1. The van der Waals surface area contributed by atoms with Crippen molar-refractivity contribution in [2.24, 2.45) is 5.73 Å². The van der Waals surface area contributed by atoms with Crippen LogP contribution in [0.4, 0.5) is 13.2 Å². The first-order valence-electron chi connectivity index (χ1n) is 6.15. The summed E-state index contributed by atoms with van der Waals surface area (Å²) in [6.45, 7) is 0.889. The third-order valence-electron chi connectivity index (χ3n) is 3.06. The summed E-state index contributed by atoms with van der Waals surface area (Å²) in [6, 6.07) is 3.75. The molecule has 0 spiro atoms. The second kappa shape index (κ2) is 6.15. The SMILES string of the molecule is NCc1cc(C(F)(F)F)ccc1SCC1CCCO1. The minimum Gasteiger partial charge on any atom is -0.377 e. The molecule has 19 heavy (non-hydrogen) atoms. The van der Waals surface area contributed by atoms with Crippen LogP contribution in [0.1, 0.15) is 24.0 Å². The highest BCUT2D eigenvalue weighted by Gasteiger charge is 2.31. The van der Waals surface area contributed by atoms with E-state index in [0.29, 0.717) is 5.56 Å². The fourth-order valence-electron chi connectivity index (χ4n) is 2.01. The Bertz CT molecular complexity index is 430. The second-order valence-electron chi connectivity index (χ2n) is 4.47. The van der Waals surface area contributed by atoms with Gasteiger partial charge in [-0.15, -0.1) is 11.8 Å². The smallest absolute Gasteiger partial charge is 0.377 e. The maximum atomic E-state index is 12.6. The quantitative estimate of drug-likeness (QED) is 0.863. The lowest BCUT2D eigenvalue weighted by Crippen LogP contribution is -2.10. The van der Waals surface area contributed by atoms with E-state index in [1.807, 2.05) is 0 Å². The van der Waals surface area contributed by atoms with E-state index in [0.717, 1.165) is 42.2 Å². The largest absolute Gasteiger partial charge is 0.416 e. The second-order valence-corrected chi connectivity index (χ2v) is 5.53. The van der Waals surface area contributed by atoms with Crippen molar-refractivity contribution in [3.8, 4) is 0 Å². The lowest BCUT2D eigenvalue weighted by Gasteiger charge is -2.14. The fourth-order valence-corrected chi connectivity index (χ4v) is 3.13. The number of ether oxygens (including phenoxy) is 1. The molecule has 1 unspecified atom stereocenters. The first-order valence-corrected chi connectivity index (χ1v) is 7.14. The van der Waals surface area contributed by atoms with E-state index in [1.54, 1.807) is 0 Å². The van der Waals surface area contributed by atoms with Crippen LogP contribution < -0.4 is 5.73 Å². The molecule has 2 rings (SSSR count). The summed E-state index contributed by atoms with van der Waals surface area (Å²) in [5.41, 5.74) is 5.43. The standard InChI is InChI=1S/C13H16F3NOS/c14-13(15,16)10-3-4-12(9(6-10)7-17)19-8-11-2-1-5-18-11/h3-4,6,11H,1-2,5,7-8,17H2. The van der Waals surface area contributed by atoms with Crippen LogP contribution >= 0.6 is 11.8 Å². The van der Waals surface area contributed by atoms with Gasteiger partial charge in [-0.1, -0.05) is 0 Å². The number of alkyl halides is 3. The number of halogens is 3. The maximum Gasteiger partial charge on any atom is 0.416 e. The van der Waals surface area contributed by atoms with Gasteiger partial charge in [0.15, 0.2) is 0 Å². The predicted octanol–water partition coefficient (Wildman–Crippen LogP) is 3.44. The zero-order chi connectivity index (χ0) is 13.9. The third-order valence-corrected chi connectivity index (χ3v) is 4.30. The van der Waals surface area contributed by atoms with Crippen LogP contribution in [0.2, 0.25) is 0 Å². The van der Waals surface area contributed by atoms with Gasteiger partial charge < -0.3 is 10.5 Å². The van der Waals surface area contributed by atoms with Gasteiger partial charge in [0.1, 0.15) is 0 Å². The molecule has 0 aromatic heterocycles. The lowest BCUT2D eigenvalue weighted by atomic mass is 10.1. The van der Waals surface area contributed by atoms with Crippen LogP contribution in [0.3, 0.4) is 0 Å². The molecule has 1 aliphatic rings. The molecular weight excluding hydrogens is 275 g/mol. The molecule has 2 N–H and O–H groups in total. The summed E-state index contributed by atoms with van der Waals surface area (Å²) in [7, 11) is 0. The predicted molar refractivity (Wildman–Crippen MR) is 69.0 cm³/mol. The molecule has 1 saturated heterocycles. The Labute approximate surface area is 114 Å². The molecule has 0 amide bonds. The van der Waals surface area contributed by atoms with E-state index in [4.69, 9.17) is 10.5 Å². The molecule has 0 aliphatic carbocycles. The van der Waals surface area contributed by atoms with Gasteiger partial charge in [0.05, 0.1) is 11.7 Å². The Morgan fingerprint density at radius 1 is 1.37 bits per heavy atom. The molecule has 6 heteroatoms. The number of hydrogen-bond donors (Lipinski definition) is 1. The van der Waals surface area contributed by atoms with Crippen LogP contribution in [0.5, 0.6) is 0 Å². The van der Waals surface area contributed by atoms with E-state index in [1.165, 1.54) is 17.8 Å². The zero-order valence-electron chi connectivity index (χ0n) is 10.4. The first kappa shape index (κ1) is 14.7. The molecule has 1 heterocycles. The summed E-state index contributed by atoms with van der Waals surface area (Å²) in [5, 5.41) is 0. The van der Waals surface area contributed by atoms with Gasteiger partial charge >= 0.3 is 6.18 Å². The van der Waals surface area contributed by atoms with E-state index < -0.39 is 11.7 Å². The molecular formula is C13H16F3NOS. The molecule has 1 aromatic carbocycles. The van der Waals surface area contributed by atoms with E-state index >= 15 is 0 Å². The van der Waals surface area contributed by atoms with Crippen LogP contribution in [0.25, 0.3) is 0 Å². The van der Waals surface area contributed by atoms with E-state index in [2.05, 4.69) is 0 Å². The van der Waals surface area contributed by atoms with Crippen LogP contribution in [-0.2, 0) is 17.5 Å². The minimum atomic E-state index is -4.32. The highest BCUT2D eigenvalue weighted by molar-refractivity contribution is 7.99. The summed E-state index contributed by atoms with van der Waals surface area (Å²) in [5.74, 6) is 0.762. The summed E-state index contributed by atoms with van der Waals surface area (Å²) >= 11 is 1.52. The fraction of sp³-hybridized carbons (Fsp3) is 0.538. The summed E-state index contributed by atoms with van der Waals surface area (Å²) < 4.78 is 43.3. The molecule has 1 atom stereocenters. The number of hydrogen-bond acceptors (Lipinski definition) is 3. The molecule has 0 bridgehead atoms. The normalized spacial score (nSPS) is 19.9. The molecule has 0 radical (unpaired) electrons. The van der Waals surface area contributed by atoms with Crippen molar-refractivity contribution in [3.05, 3.63) is 29.3 Å². The third kappa shape index (κ3) is 3.87. The molecule has 2 nitrogen and oxygen atoms in total. The Balaban J connectivity index is 2.07. The van der Waals surface area contributed by atoms with Gasteiger partial charge in [0.2, 0.25) is 0 Å². The van der Waals surface area contributed by atoms with E-state index in [9.17, 15) is 13.2 Å². The zero-order valence-corrected chi connectivity index (χ0v) is 11.2. The summed E-state index contributed by atoms with van der Waals surface area (Å²) in [4.78, 5) is 0.811. The number of benzene rings is 1. The highest BCUT2D eigenvalue weighted by atomic mass is 32.2. The van der Waals surface area contributed by atoms with Gasteiger partial charge in [-0.2, -0.15) is 13.2 Å². The number of rotatable bonds is 4. The average Bonchev–Trinajstić information content (AvgIpc) is 2.88. The van der Waals surface area contributed by atoms with Gasteiger partial charge in [0, 0.05) is 23.8 Å². The maximum absolute atomic E-state index is 12.6. The molecule has 106 valence electrons. The van der Waals surface area contributed by atoms with E-state index in [-0.39, 0.29) is 12.6 Å². The van der Waals surface area contributed by atoms with Crippen molar-refractivity contribution in [3.63, 3.8) is 0 Å². The Kier molecular flexibility index (Phi) is 4.76. The molecule has 1 fully saturated rings. The van der Waals surface area contributed by atoms with Gasteiger partial charge in [-0.3, -0.25) is 0 Å². The molecule has 0 saturated carbocycles. The number of nitrogens with two attached hydrogens (primary N) is 1. The van der Waals surface area contributed by atoms with Crippen molar-refractivity contribution < 1.29 is 17.9 Å². The van der Waals surface area contributed by atoms with Crippen molar-refractivity contribution in [2.45, 2.75) is 36.6 Å². The van der Waals surface area contributed by atoms with Gasteiger partial charge in [-0.25, -0.2) is 0 Å². The topological polar surface area (TPSA) is 35.2 Å². The van der Waals surface area contributed by atoms with Crippen LogP contribution in [0, 0.1) is 0 Å². The Morgan fingerprint density at radius 2 is 2.16 bits per heavy atom. The van der Waals surface area contributed by atoms with Crippen molar-refractivity contribution >= 4 is 11.8 Å². The van der Waals surface area contributed by atoms with Crippen molar-refractivity contribution in [1.29, 1.82) is 0 Å². The monoisotopic (exact) mass is 291 g/mol. The first-order chi connectivity index (χ1) is 9.00. The van der Waals surface area contributed by atoms with Crippen LogP contribution in [-0.4, -0.2) is 18.5 Å².